The average molecular weight is 237 g/mol. The van der Waals surface area contributed by atoms with Crippen LogP contribution in [0.2, 0.25) is 0 Å². The van der Waals surface area contributed by atoms with Crippen LogP contribution in [0.4, 0.5) is 0 Å². The van der Waals surface area contributed by atoms with E-state index < -0.39 is 15.9 Å². The molecule has 1 unspecified atom stereocenters. The standard InChI is InChI=1S/C10H23NO3S/c1-9(12)10(2,3)8-11(4)6-7-15(5,13)14/h9,12H,6-8H2,1-5H3. The first-order valence-corrected chi connectivity index (χ1v) is 7.15. The summed E-state index contributed by atoms with van der Waals surface area (Å²) in [7, 11) is -1.03. The van der Waals surface area contributed by atoms with Crippen molar-refractivity contribution in [3.05, 3.63) is 0 Å². The highest BCUT2D eigenvalue weighted by Gasteiger charge is 2.25. The molecule has 0 aliphatic heterocycles. The van der Waals surface area contributed by atoms with Crippen molar-refractivity contribution in [2.24, 2.45) is 5.41 Å². The van der Waals surface area contributed by atoms with E-state index in [4.69, 9.17) is 0 Å². The van der Waals surface area contributed by atoms with Crippen molar-refractivity contribution < 1.29 is 13.5 Å². The van der Waals surface area contributed by atoms with Gasteiger partial charge in [-0.1, -0.05) is 13.8 Å². The number of rotatable bonds is 6. The molecule has 1 N–H and O–H groups in total. The Labute approximate surface area is 93.2 Å². The lowest BCUT2D eigenvalue weighted by Crippen LogP contribution is -2.40. The topological polar surface area (TPSA) is 57.6 Å². The van der Waals surface area contributed by atoms with Crippen LogP contribution in [0.15, 0.2) is 0 Å². The summed E-state index contributed by atoms with van der Waals surface area (Å²) in [6, 6.07) is 0. The molecule has 0 amide bonds. The van der Waals surface area contributed by atoms with Gasteiger partial charge in [-0.2, -0.15) is 0 Å². The van der Waals surface area contributed by atoms with Crippen molar-refractivity contribution in [3.8, 4) is 0 Å². The number of hydrogen-bond acceptors (Lipinski definition) is 4. The van der Waals surface area contributed by atoms with Crippen LogP contribution in [0.3, 0.4) is 0 Å². The fraction of sp³-hybridized carbons (Fsp3) is 1.00. The van der Waals surface area contributed by atoms with E-state index in [2.05, 4.69) is 0 Å². The van der Waals surface area contributed by atoms with Crippen LogP contribution >= 0.6 is 0 Å². The number of aliphatic hydroxyl groups is 1. The van der Waals surface area contributed by atoms with Crippen molar-refractivity contribution in [1.29, 1.82) is 0 Å². The van der Waals surface area contributed by atoms with Gasteiger partial charge < -0.3 is 10.0 Å². The molecular weight excluding hydrogens is 214 g/mol. The highest BCUT2D eigenvalue weighted by molar-refractivity contribution is 7.90. The molecule has 0 spiro atoms. The second-order valence-corrected chi connectivity index (χ2v) is 7.29. The lowest BCUT2D eigenvalue weighted by atomic mass is 9.87. The molecule has 0 saturated heterocycles. The highest BCUT2D eigenvalue weighted by Crippen LogP contribution is 2.21. The summed E-state index contributed by atoms with van der Waals surface area (Å²) in [6.45, 7) is 6.88. The minimum atomic E-state index is -2.90. The van der Waals surface area contributed by atoms with Crippen LogP contribution in [-0.2, 0) is 9.84 Å². The van der Waals surface area contributed by atoms with Crippen LogP contribution < -0.4 is 0 Å². The molecule has 0 aliphatic carbocycles. The van der Waals surface area contributed by atoms with Crippen LogP contribution in [0.5, 0.6) is 0 Å². The Morgan fingerprint density at radius 3 is 2.20 bits per heavy atom. The zero-order chi connectivity index (χ0) is 12.3. The van der Waals surface area contributed by atoms with Gasteiger partial charge in [-0.15, -0.1) is 0 Å². The smallest absolute Gasteiger partial charge is 0.148 e. The normalized spacial score (nSPS) is 15.7. The fourth-order valence-corrected chi connectivity index (χ4v) is 1.87. The van der Waals surface area contributed by atoms with Gasteiger partial charge >= 0.3 is 0 Å². The molecule has 0 heterocycles. The molecule has 15 heavy (non-hydrogen) atoms. The van der Waals surface area contributed by atoms with Crippen LogP contribution in [0, 0.1) is 5.41 Å². The first kappa shape index (κ1) is 14.9. The maximum atomic E-state index is 11.0. The number of aliphatic hydroxyl groups excluding tert-OH is 1. The van der Waals surface area contributed by atoms with Crippen LogP contribution in [0.1, 0.15) is 20.8 Å². The largest absolute Gasteiger partial charge is 0.393 e. The van der Waals surface area contributed by atoms with Gasteiger partial charge in [0.15, 0.2) is 0 Å². The van der Waals surface area contributed by atoms with Gasteiger partial charge in [-0.3, -0.25) is 0 Å². The molecule has 0 aliphatic rings. The van der Waals surface area contributed by atoms with Crippen molar-refractivity contribution >= 4 is 9.84 Å². The third-order valence-electron chi connectivity index (χ3n) is 2.65. The molecule has 4 nitrogen and oxygen atoms in total. The lowest BCUT2D eigenvalue weighted by Gasteiger charge is -2.32. The van der Waals surface area contributed by atoms with Gasteiger partial charge in [0, 0.05) is 24.8 Å². The summed E-state index contributed by atoms with van der Waals surface area (Å²) in [5.41, 5.74) is -0.216. The van der Waals surface area contributed by atoms with Gasteiger partial charge in [0.2, 0.25) is 0 Å². The highest BCUT2D eigenvalue weighted by atomic mass is 32.2. The Bertz CT molecular complexity index is 283. The predicted octanol–water partition coefficient (Wildman–Crippen LogP) is 0.370. The lowest BCUT2D eigenvalue weighted by molar-refractivity contribution is 0.0422. The zero-order valence-corrected chi connectivity index (χ0v) is 11.1. The Morgan fingerprint density at radius 1 is 1.40 bits per heavy atom. The summed E-state index contributed by atoms with van der Waals surface area (Å²) in [5.74, 6) is 0.166. The van der Waals surface area contributed by atoms with E-state index >= 15 is 0 Å². The summed E-state index contributed by atoms with van der Waals surface area (Å²) >= 11 is 0. The molecule has 0 aromatic rings. The van der Waals surface area contributed by atoms with E-state index in [0.717, 1.165) is 0 Å². The summed E-state index contributed by atoms with van der Waals surface area (Å²) in [5, 5.41) is 9.51. The Hall–Kier alpha value is -0.130. The Balaban J connectivity index is 4.10. The molecule has 1 atom stereocenters. The van der Waals surface area contributed by atoms with Gasteiger partial charge in [0.25, 0.3) is 0 Å². The summed E-state index contributed by atoms with van der Waals surface area (Å²) in [4.78, 5) is 1.94. The second-order valence-electron chi connectivity index (χ2n) is 5.03. The van der Waals surface area contributed by atoms with E-state index in [9.17, 15) is 13.5 Å². The van der Waals surface area contributed by atoms with Crippen molar-refractivity contribution in [2.45, 2.75) is 26.9 Å². The minimum Gasteiger partial charge on any atom is -0.393 e. The molecule has 92 valence electrons. The fourth-order valence-electron chi connectivity index (χ4n) is 1.23. The number of nitrogens with zero attached hydrogens (tertiary/aromatic N) is 1. The molecule has 0 aromatic heterocycles. The molecular formula is C10H23NO3S. The SMILES string of the molecule is CC(O)C(C)(C)CN(C)CCS(C)(=O)=O. The molecule has 0 bridgehead atoms. The van der Waals surface area contributed by atoms with E-state index in [1.54, 1.807) is 6.92 Å². The Kier molecular flexibility index (Phi) is 5.23. The monoisotopic (exact) mass is 237 g/mol. The third-order valence-corrected chi connectivity index (χ3v) is 3.58. The van der Waals surface area contributed by atoms with E-state index in [1.807, 2.05) is 25.8 Å². The molecule has 0 radical (unpaired) electrons. The Morgan fingerprint density at radius 2 is 1.87 bits per heavy atom. The molecule has 0 aromatic carbocycles. The van der Waals surface area contributed by atoms with Crippen LogP contribution in [-0.4, -0.2) is 56.7 Å². The summed E-state index contributed by atoms with van der Waals surface area (Å²) in [6.07, 6.45) is 0.832. The minimum absolute atomic E-state index is 0.166. The van der Waals surface area contributed by atoms with Gasteiger partial charge in [0.05, 0.1) is 11.9 Å². The maximum absolute atomic E-state index is 11.0. The second kappa shape index (κ2) is 5.27. The van der Waals surface area contributed by atoms with Gasteiger partial charge in [-0.25, -0.2) is 8.42 Å². The first-order chi connectivity index (χ1) is 6.54. The zero-order valence-electron chi connectivity index (χ0n) is 10.3. The van der Waals surface area contributed by atoms with Crippen molar-refractivity contribution in [3.63, 3.8) is 0 Å². The quantitative estimate of drug-likeness (QED) is 0.725. The van der Waals surface area contributed by atoms with Crippen molar-refractivity contribution in [1.82, 2.24) is 4.90 Å². The number of hydrogen-bond donors (Lipinski definition) is 1. The third kappa shape index (κ3) is 6.87. The molecule has 0 saturated carbocycles. The molecule has 5 heteroatoms. The molecule has 0 fully saturated rings. The van der Waals surface area contributed by atoms with Crippen molar-refractivity contribution in [2.75, 3.05) is 32.1 Å². The van der Waals surface area contributed by atoms with Gasteiger partial charge in [-0.05, 0) is 14.0 Å². The maximum Gasteiger partial charge on any atom is 0.148 e. The average Bonchev–Trinajstić information content (AvgIpc) is 1.98. The molecule has 0 rings (SSSR count). The number of sulfone groups is 1. The van der Waals surface area contributed by atoms with Gasteiger partial charge in [0.1, 0.15) is 9.84 Å². The first-order valence-electron chi connectivity index (χ1n) is 5.09. The summed E-state index contributed by atoms with van der Waals surface area (Å²) < 4.78 is 21.9. The van der Waals surface area contributed by atoms with E-state index in [1.165, 1.54) is 6.26 Å². The van der Waals surface area contributed by atoms with E-state index in [-0.39, 0.29) is 11.2 Å². The predicted molar refractivity (Wildman–Crippen MR) is 62.7 cm³/mol. The van der Waals surface area contributed by atoms with E-state index in [0.29, 0.717) is 13.1 Å². The van der Waals surface area contributed by atoms with Crippen LogP contribution in [0.25, 0.3) is 0 Å².